The van der Waals surface area contributed by atoms with E-state index < -0.39 is 10.0 Å². The van der Waals surface area contributed by atoms with E-state index in [4.69, 9.17) is 11.6 Å². The topological polar surface area (TPSA) is 64.0 Å². The van der Waals surface area contributed by atoms with Crippen molar-refractivity contribution in [3.05, 3.63) is 11.5 Å². The molecular formula is C12H20ClN3O2S. The van der Waals surface area contributed by atoms with Crippen LogP contribution in [-0.4, -0.2) is 24.0 Å². The number of aromatic nitrogens is 2. The predicted octanol–water partition coefficient (Wildman–Crippen LogP) is 2.32. The Morgan fingerprint density at radius 1 is 1.47 bits per heavy atom. The molecule has 5 nitrogen and oxygen atoms in total. The maximum atomic E-state index is 12.3. The SMILES string of the molecule is CCC1CCCCC1NS(=O)(=O)c1ncn(C)c1Cl. The Morgan fingerprint density at radius 2 is 2.16 bits per heavy atom. The molecule has 7 heteroatoms. The lowest BCUT2D eigenvalue weighted by Crippen LogP contribution is -2.42. The van der Waals surface area contributed by atoms with E-state index in [1.54, 1.807) is 7.05 Å². The summed E-state index contributed by atoms with van der Waals surface area (Å²) >= 11 is 5.96. The fraction of sp³-hybridized carbons (Fsp3) is 0.750. The summed E-state index contributed by atoms with van der Waals surface area (Å²) in [4.78, 5) is 3.88. The van der Waals surface area contributed by atoms with Gasteiger partial charge in [0.2, 0.25) is 5.03 Å². The van der Waals surface area contributed by atoms with Crippen molar-refractivity contribution in [2.24, 2.45) is 13.0 Å². The van der Waals surface area contributed by atoms with Gasteiger partial charge in [-0.3, -0.25) is 0 Å². The Bertz CT molecular complexity index is 541. The summed E-state index contributed by atoms with van der Waals surface area (Å²) in [5.41, 5.74) is 0. The first kappa shape index (κ1) is 14.8. The summed E-state index contributed by atoms with van der Waals surface area (Å²) in [5.74, 6) is 0.408. The molecule has 19 heavy (non-hydrogen) atoms. The van der Waals surface area contributed by atoms with Crippen LogP contribution in [0.1, 0.15) is 39.0 Å². The average Bonchev–Trinajstić information content (AvgIpc) is 2.71. The van der Waals surface area contributed by atoms with Gasteiger partial charge in [-0.25, -0.2) is 18.1 Å². The van der Waals surface area contributed by atoms with Crippen LogP contribution in [0, 0.1) is 5.92 Å². The fourth-order valence-corrected chi connectivity index (χ4v) is 4.45. The van der Waals surface area contributed by atoms with Gasteiger partial charge in [0.1, 0.15) is 5.15 Å². The number of sulfonamides is 1. The number of halogens is 1. The Balaban J connectivity index is 2.19. The van der Waals surface area contributed by atoms with Crippen LogP contribution in [-0.2, 0) is 17.1 Å². The molecule has 1 aliphatic rings. The molecule has 1 saturated carbocycles. The molecule has 1 aliphatic carbocycles. The standard InChI is InChI=1S/C12H20ClN3O2S/c1-3-9-6-4-5-7-10(9)15-19(17,18)12-11(13)16(2)8-14-12/h8-10,15H,3-7H2,1-2H3. The summed E-state index contributed by atoms with van der Waals surface area (Å²) in [6, 6.07) is 0.00169. The first-order chi connectivity index (χ1) is 8.95. The quantitative estimate of drug-likeness (QED) is 0.928. The second-order valence-electron chi connectivity index (χ2n) is 5.13. The molecule has 1 N–H and O–H groups in total. The first-order valence-electron chi connectivity index (χ1n) is 6.65. The molecule has 0 bridgehead atoms. The fourth-order valence-electron chi connectivity index (χ4n) is 2.68. The van der Waals surface area contributed by atoms with Crippen molar-refractivity contribution in [3.63, 3.8) is 0 Å². The van der Waals surface area contributed by atoms with Crippen molar-refractivity contribution in [1.29, 1.82) is 0 Å². The van der Waals surface area contributed by atoms with Gasteiger partial charge in [-0.2, -0.15) is 0 Å². The van der Waals surface area contributed by atoms with E-state index in [9.17, 15) is 8.42 Å². The lowest BCUT2D eigenvalue weighted by Gasteiger charge is -2.30. The summed E-state index contributed by atoms with van der Waals surface area (Å²) < 4.78 is 28.9. The second-order valence-corrected chi connectivity index (χ2v) is 7.12. The molecule has 0 spiro atoms. The van der Waals surface area contributed by atoms with Gasteiger partial charge in [-0.15, -0.1) is 0 Å². The van der Waals surface area contributed by atoms with E-state index in [1.165, 1.54) is 17.3 Å². The predicted molar refractivity (Wildman–Crippen MR) is 74.6 cm³/mol. The molecule has 0 amide bonds. The molecule has 2 rings (SSSR count). The van der Waals surface area contributed by atoms with Gasteiger partial charge in [0.15, 0.2) is 0 Å². The van der Waals surface area contributed by atoms with E-state index in [0.29, 0.717) is 5.92 Å². The number of nitrogens with zero attached hydrogens (tertiary/aromatic N) is 2. The maximum Gasteiger partial charge on any atom is 0.261 e. The zero-order chi connectivity index (χ0) is 14.0. The highest BCUT2D eigenvalue weighted by atomic mass is 35.5. The normalized spacial score (nSPS) is 24.6. The van der Waals surface area contributed by atoms with Crippen molar-refractivity contribution in [1.82, 2.24) is 14.3 Å². The van der Waals surface area contributed by atoms with Gasteiger partial charge in [-0.05, 0) is 18.8 Å². The highest BCUT2D eigenvalue weighted by Gasteiger charge is 2.30. The molecule has 2 unspecified atom stereocenters. The van der Waals surface area contributed by atoms with Crippen LogP contribution in [0.3, 0.4) is 0 Å². The van der Waals surface area contributed by atoms with Crippen molar-refractivity contribution in [3.8, 4) is 0 Å². The molecular weight excluding hydrogens is 286 g/mol. The van der Waals surface area contributed by atoms with Crippen LogP contribution in [0.15, 0.2) is 11.4 Å². The molecule has 0 aromatic carbocycles. The Hall–Kier alpha value is -0.590. The lowest BCUT2D eigenvalue weighted by atomic mass is 9.83. The van der Waals surface area contributed by atoms with Crippen LogP contribution >= 0.6 is 11.6 Å². The largest absolute Gasteiger partial charge is 0.324 e. The van der Waals surface area contributed by atoms with E-state index in [-0.39, 0.29) is 16.2 Å². The zero-order valence-electron chi connectivity index (χ0n) is 11.3. The third-order valence-electron chi connectivity index (χ3n) is 3.83. The maximum absolute atomic E-state index is 12.3. The number of rotatable bonds is 4. The van der Waals surface area contributed by atoms with Crippen LogP contribution in [0.4, 0.5) is 0 Å². The second kappa shape index (κ2) is 5.81. The van der Waals surface area contributed by atoms with Crippen molar-refractivity contribution < 1.29 is 8.42 Å². The van der Waals surface area contributed by atoms with Gasteiger partial charge in [-0.1, -0.05) is 37.8 Å². The zero-order valence-corrected chi connectivity index (χ0v) is 12.8. The van der Waals surface area contributed by atoms with Gasteiger partial charge < -0.3 is 4.57 Å². The Kier molecular flexibility index (Phi) is 4.53. The number of imidazole rings is 1. The molecule has 1 fully saturated rings. The van der Waals surface area contributed by atoms with E-state index in [0.717, 1.165) is 25.7 Å². The van der Waals surface area contributed by atoms with Crippen molar-refractivity contribution >= 4 is 21.6 Å². The molecule has 0 aliphatic heterocycles. The summed E-state index contributed by atoms with van der Waals surface area (Å²) in [5, 5.41) is 0.0773. The summed E-state index contributed by atoms with van der Waals surface area (Å²) in [6.45, 7) is 2.10. The van der Waals surface area contributed by atoms with Crippen LogP contribution in [0.5, 0.6) is 0 Å². The number of nitrogens with one attached hydrogen (secondary N) is 1. The first-order valence-corrected chi connectivity index (χ1v) is 8.51. The van der Waals surface area contributed by atoms with E-state index in [1.807, 2.05) is 0 Å². The Morgan fingerprint density at radius 3 is 2.74 bits per heavy atom. The minimum Gasteiger partial charge on any atom is -0.324 e. The van der Waals surface area contributed by atoms with Crippen LogP contribution < -0.4 is 4.72 Å². The van der Waals surface area contributed by atoms with E-state index in [2.05, 4.69) is 16.6 Å². The van der Waals surface area contributed by atoms with Gasteiger partial charge in [0, 0.05) is 13.1 Å². The minimum atomic E-state index is -3.63. The van der Waals surface area contributed by atoms with Gasteiger partial charge in [0.05, 0.1) is 6.33 Å². The third kappa shape index (κ3) is 3.12. The minimum absolute atomic E-state index is 0.00169. The highest BCUT2D eigenvalue weighted by molar-refractivity contribution is 7.89. The van der Waals surface area contributed by atoms with Gasteiger partial charge in [0.25, 0.3) is 10.0 Å². The van der Waals surface area contributed by atoms with E-state index >= 15 is 0 Å². The molecule has 0 radical (unpaired) electrons. The lowest BCUT2D eigenvalue weighted by molar-refractivity contribution is 0.282. The molecule has 108 valence electrons. The van der Waals surface area contributed by atoms with Gasteiger partial charge >= 0.3 is 0 Å². The monoisotopic (exact) mass is 305 g/mol. The third-order valence-corrected chi connectivity index (χ3v) is 5.81. The van der Waals surface area contributed by atoms with Crippen LogP contribution in [0.25, 0.3) is 0 Å². The molecule has 2 atom stereocenters. The number of hydrogen-bond donors (Lipinski definition) is 1. The molecule has 0 saturated heterocycles. The van der Waals surface area contributed by atoms with Crippen molar-refractivity contribution in [2.45, 2.75) is 50.1 Å². The average molecular weight is 306 g/mol. The summed E-state index contributed by atoms with van der Waals surface area (Å²) in [6.07, 6.45) is 6.63. The molecule has 1 aromatic heterocycles. The molecule has 1 heterocycles. The van der Waals surface area contributed by atoms with Crippen LogP contribution in [0.2, 0.25) is 5.15 Å². The van der Waals surface area contributed by atoms with Crippen molar-refractivity contribution in [2.75, 3.05) is 0 Å². The Labute approximate surface area is 119 Å². The summed E-state index contributed by atoms with van der Waals surface area (Å²) in [7, 11) is -1.96. The highest BCUT2D eigenvalue weighted by Crippen LogP contribution is 2.28. The molecule has 1 aromatic rings. The number of aryl methyl sites for hydroxylation is 1. The number of hydrogen-bond acceptors (Lipinski definition) is 3. The smallest absolute Gasteiger partial charge is 0.261 e.